The maximum absolute atomic E-state index is 12.0. The van der Waals surface area contributed by atoms with Crippen LogP contribution in [0.2, 0.25) is 0 Å². The van der Waals surface area contributed by atoms with Gasteiger partial charge >= 0.3 is 5.97 Å². The molecule has 1 saturated heterocycles. The number of nitriles is 1. The van der Waals surface area contributed by atoms with E-state index < -0.39 is 17.0 Å². The summed E-state index contributed by atoms with van der Waals surface area (Å²) in [6.45, 7) is 5.15. The molecule has 1 heterocycles. The second kappa shape index (κ2) is 7.88. The Labute approximate surface area is 172 Å². The predicted molar refractivity (Wildman–Crippen MR) is 107 cm³/mol. The first-order valence-corrected chi connectivity index (χ1v) is 11.1. The van der Waals surface area contributed by atoms with E-state index in [4.69, 9.17) is 14.5 Å². The van der Waals surface area contributed by atoms with Gasteiger partial charge in [0.05, 0.1) is 24.2 Å². The monoisotopic (exact) mass is 403 g/mol. The third-order valence-electron chi connectivity index (χ3n) is 7.60. The zero-order chi connectivity index (χ0) is 20.6. The van der Waals surface area contributed by atoms with Gasteiger partial charge in [-0.15, -0.1) is 0 Å². The Morgan fingerprint density at radius 1 is 1.31 bits per heavy atom. The van der Waals surface area contributed by atoms with Crippen molar-refractivity contribution < 1.29 is 19.4 Å². The number of rotatable bonds is 6. The second-order valence-electron chi connectivity index (χ2n) is 10.1. The lowest BCUT2D eigenvalue weighted by atomic mass is 9.48. The average Bonchev–Trinajstić information content (AvgIpc) is 2.68. The van der Waals surface area contributed by atoms with Gasteiger partial charge in [0.1, 0.15) is 11.4 Å². The molecule has 5 aliphatic rings. The fourth-order valence-corrected chi connectivity index (χ4v) is 6.32. The molecular formula is C22H33N3O4. The Hall–Kier alpha value is -1.65. The van der Waals surface area contributed by atoms with E-state index in [0.29, 0.717) is 31.2 Å². The summed E-state index contributed by atoms with van der Waals surface area (Å²) in [7, 11) is 0. The van der Waals surface area contributed by atoms with E-state index in [1.54, 1.807) is 0 Å². The average molecular weight is 404 g/mol. The van der Waals surface area contributed by atoms with E-state index in [2.05, 4.69) is 5.32 Å². The highest BCUT2D eigenvalue weighted by Gasteiger charge is 2.59. The molecule has 4 aliphatic carbocycles. The first-order chi connectivity index (χ1) is 13.8. The van der Waals surface area contributed by atoms with Crippen molar-refractivity contribution in [2.75, 3.05) is 13.2 Å². The number of aliphatic carboxylic acids is 1. The lowest BCUT2D eigenvalue weighted by molar-refractivity contribution is -0.166. The van der Waals surface area contributed by atoms with Crippen LogP contribution in [0.4, 0.5) is 0 Å². The third-order valence-corrected chi connectivity index (χ3v) is 7.60. The van der Waals surface area contributed by atoms with Gasteiger partial charge in [-0.05, 0) is 83.0 Å². The largest absolute Gasteiger partial charge is 0.481 e. The number of nitrogens with one attached hydrogen (secondary N) is 1. The van der Waals surface area contributed by atoms with Gasteiger partial charge in [0.2, 0.25) is 0 Å². The van der Waals surface area contributed by atoms with Crippen molar-refractivity contribution in [2.45, 2.75) is 83.0 Å². The van der Waals surface area contributed by atoms with Crippen LogP contribution in [0.25, 0.3) is 0 Å². The molecule has 3 atom stereocenters. The number of aliphatic imine (C=N–C) groups is 1. The van der Waals surface area contributed by atoms with Crippen molar-refractivity contribution in [1.29, 1.82) is 5.26 Å². The molecule has 0 amide bonds. The molecule has 3 unspecified atom stereocenters. The summed E-state index contributed by atoms with van der Waals surface area (Å²) in [6.07, 6.45) is 9.73. The number of carbonyl (C=O) groups is 1. The number of carboxylic acids is 1. The number of ether oxygens (including phenoxy) is 2. The van der Waals surface area contributed by atoms with Crippen LogP contribution in [0.15, 0.2) is 4.99 Å². The van der Waals surface area contributed by atoms with Gasteiger partial charge in [-0.2, -0.15) is 5.26 Å². The van der Waals surface area contributed by atoms with Crippen LogP contribution >= 0.6 is 0 Å². The summed E-state index contributed by atoms with van der Waals surface area (Å²) in [5.41, 5.74) is -1.27. The highest BCUT2D eigenvalue weighted by Crippen LogP contribution is 2.61. The molecule has 2 N–H and O–H groups in total. The summed E-state index contributed by atoms with van der Waals surface area (Å²) in [5, 5.41) is 21.9. The highest BCUT2D eigenvalue weighted by molar-refractivity contribution is 5.91. The van der Waals surface area contributed by atoms with Gasteiger partial charge in [0.25, 0.3) is 0 Å². The highest BCUT2D eigenvalue weighted by atomic mass is 16.5. The molecule has 0 aromatic rings. The summed E-state index contributed by atoms with van der Waals surface area (Å²) in [6, 6.07) is 0.0729. The van der Waals surface area contributed by atoms with Crippen LogP contribution in [0.5, 0.6) is 0 Å². The molecule has 4 saturated carbocycles. The first kappa shape index (κ1) is 20.6. The van der Waals surface area contributed by atoms with Crippen LogP contribution in [-0.4, -0.2) is 47.9 Å². The molecule has 0 aromatic carbocycles. The van der Waals surface area contributed by atoms with Crippen LogP contribution in [0, 0.1) is 34.6 Å². The number of carboxylic acid groups (broad SMARTS) is 1. The van der Waals surface area contributed by atoms with Crippen LogP contribution < -0.4 is 5.32 Å². The van der Waals surface area contributed by atoms with Gasteiger partial charge in [0, 0.05) is 6.61 Å². The fraction of sp³-hybridized carbons (Fsp3) is 0.864. The fourth-order valence-electron chi connectivity index (χ4n) is 6.32. The Balaban J connectivity index is 1.49. The van der Waals surface area contributed by atoms with Crippen molar-refractivity contribution in [2.24, 2.45) is 28.2 Å². The van der Waals surface area contributed by atoms with Crippen LogP contribution in [-0.2, 0) is 14.3 Å². The summed E-state index contributed by atoms with van der Waals surface area (Å²) < 4.78 is 11.9. The molecule has 5 rings (SSSR count). The number of hydrogen-bond acceptors (Lipinski definition) is 5. The topological polar surface area (TPSA) is 104 Å². The maximum atomic E-state index is 12.0. The summed E-state index contributed by atoms with van der Waals surface area (Å²) in [5.74, 6) is 0.995. The maximum Gasteiger partial charge on any atom is 0.309 e. The summed E-state index contributed by atoms with van der Waals surface area (Å²) in [4.78, 5) is 17.0. The molecule has 29 heavy (non-hydrogen) atoms. The van der Waals surface area contributed by atoms with E-state index in [9.17, 15) is 15.2 Å². The first-order valence-electron chi connectivity index (χ1n) is 11.1. The SMILES string of the molecule is CC(C)(OCC1CCCCO1)C(=NC1C2CC3CC1CC(C(=O)O)(C3)C2)NC#N. The van der Waals surface area contributed by atoms with Crippen molar-refractivity contribution in [3.63, 3.8) is 0 Å². The van der Waals surface area contributed by atoms with E-state index >= 15 is 0 Å². The van der Waals surface area contributed by atoms with Gasteiger partial charge in [-0.25, -0.2) is 0 Å². The molecule has 4 bridgehead atoms. The zero-order valence-corrected chi connectivity index (χ0v) is 17.5. The van der Waals surface area contributed by atoms with Crippen LogP contribution in [0.3, 0.4) is 0 Å². The lowest BCUT2D eigenvalue weighted by Crippen LogP contribution is -2.56. The number of hydrogen-bond donors (Lipinski definition) is 2. The molecule has 0 radical (unpaired) electrons. The number of amidine groups is 1. The quantitative estimate of drug-likeness (QED) is 0.306. The Morgan fingerprint density at radius 3 is 2.62 bits per heavy atom. The standard InChI is InChI=1S/C22H33N3O4/c1-21(2,29-12-17-5-3-4-6-28-17)19(24-13-23)25-18-15-7-14-8-16(18)11-22(9-14,10-15)20(26)27/h14-18H,3-12H2,1-2H3,(H,24,25)(H,26,27). The van der Waals surface area contributed by atoms with Crippen LogP contribution in [0.1, 0.15) is 65.2 Å². The molecule has 7 nitrogen and oxygen atoms in total. The van der Waals surface area contributed by atoms with Crippen molar-refractivity contribution in [3.8, 4) is 6.19 Å². The predicted octanol–water partition coefficient (Wildman–Crippen LogP) is 3.10. The molecule has 0 aromatic heterocycles. The third kappa shape index (κ3) is 4.02. The second-order valence-corrected chi connectivity index (χ2v) is 10.1. The Kier molecular flexibility index (Phi) is 5.60. The smallest absolute Gasteiger partial charge is 0.309 e. The van der Waals surface area contributed by atoms with E-state index in [1.807, 2.05) is 20.0 Å². The van der Waals surface area contributed by atoms with E-state index in [1.165, 1.54) is 0 Å². The van der Waals surface area contributed by atoms with Gasteiger partial charge in [-0.3, -0.25) is 15.1 Å². The number of nitrogens with zero attached hydrogens (tertiary/aromatic N) is 2. The molecule has 7 heteroatoms. The normalized spacial score (nSPS) is 39.2. The Bertz CT molecular complexity index is 691. The minimum absolute atomic E-state index is 0.0729. The van der Waals surface area contributed by atoms with Crippen molar-refractivity contribution >= 4 is 11.8 Å². The minimum atomic E-state index is -0.727. The zero-order valence-electron chi connectivity index (χ0n) is 17.5. The lowest BCUT2D eigenvalue weighted by Gasteiger charge is -2.57. The summed E-state index contributed by atoms with van der Waals surface area (Å²) >= 11 is 0. The minimum Gasteiger partial charge on any atom is -0.481 e. The van der Waals surface area contributed by atoms with Crippen molar-refractivity contribution in [1.82, 2.24) is 5.32 Å². The van der Waals surface area contributed by atoms with Gasteiger partial charge in [-0.1, -0.05) is 0 Å². The van der Waals surface area contributed by atoms with E-state index in [0.717, 1.165) is 45.1 Å². The van der Waals surface area contributed by atoms with Gasteiger partial charge in [0.15, 0.2) is 6.19 Å². The van der Waals surface area contributed by atoms with E-state index in [-0.39, 0.29) is 24.0 Å². The molecular weight excluding hydrogens is 370 g/mol. The molecule has 5 fully saturated rings. The van der Waals surface area contributed by atoms with Crippen molar-refractivity contribution in [3.05, 3.63) is 0 Å². The molecule has 0 spiro atoms. The molecule has 160 valence electrons. The Morgan fingerprint density at radius 2 is 2.03 bits per heavy atom. The molecule has 1 aliphatic heterocycles. The van der Waals surface area contributed by atoms with Gasteiger partial charge < -0.3 is 14.6 Å².